The molecular formula is C6H7F3N4S. The molecule has 0 fully saturated rings. The van der Waals surface area contributed by atoms with E-state index in [0.29, 0.717) is 0 Å². The van der Waals surface area contributed by atoms with Gasteiger partial charge in [-0.1, -0.05) is 0 Å². The maximum atomic E-state index is 12.3. The molecule has 1 heterocycles. The summed E-state index contributed by atoms with van der Waals surface area (Å²) in [7, 11) is 0. The van der Waals surface area contributed by atoms with Crippen LogP contribution < -0.4 is 11.3 Å². The van der Waals surface area contributed by atoms with Crippen molar-refractivity contribution in [3.8, 4) is 0 Å². The summed E-state index contributed by atoms with van der Waals surface area (Å²) in [5.41, 5.74) is 0.969. The van der Waals surface area contributed by atoms with Crippen LogP contribution in [0.3, 0.4) is 0 Å². The molecule has 4 nitrogen and oxygen atoms in total. The number of halogens is 3. The molecule has 3 N–H and O–H groups in total. The van der Waals surface area contributed by atoms with Gasteiger partial charge in [-0.25, -0.2) is 15.8 Å². The van der Waals surface area contributed by atoms with Gasteiger partial charge in [-0.15, -0.1) is 11.8 Å². The van der Waals surface area contributed by atoms with E-state index in [9.17, 15) is 13.2 Å². The number of alkyl halides is 3. The topological polar surface area (TPSA) is 63.8 Å². The fourth-order valence-corrected chi connectivity index (χ4v) is 1.15. The third-order valence-electron chi connectivity index (χ3n) is 1.33. The summed E-state index contributed by atoms with van der Waals surface area (Å²) in [5.74, 6) is 4.69. The average molecular weight is 224 g/mol. The van der Waals surface area contributed by atoms with Crippen LogP contribution in [0.25, 0.3) is 0 Å². The summed E-state index contributed by atoms with van der Waals surface area (Å²) in [6.45, 7) is 0. The van der Waals surface area contributed by atoms with Gasteiger partial charge in [-0.3, -0.25) is 5.43 Å². The van der Waals surface area contributed by atoms with E-state index in [1.54, 1.807) is 6.26 Å². The lowest BCUT2D eigenvalue weighted by atomic mass is 10.4. The molecule has 1 aromatic heterocycles. The summed E-state index contributed by atoms with van der Waals surface area (Å²) in [5, 5.41) is 0.209. The monoisotopic (exact) mass is 224 g/mol. The highest BCUT2D eigenvalue weighted by molar-refractivity contribution is 7.98. The number of anilines is 1. The number of hydrazine groups is 1. The smallest absolute Gasteiger partial charge is 0.292 e. The van der Waals surface area contributed by atoms with E-state index in [1.165, 1.54) is 0 Å². The molecule has 0 aromatic carbocycles. The molecule has 0 spiro atoms. The Hall–Kier alpha value is -1.02. The number of aromatic nitrogens is 2. The molecule has 8 heteroatoms. The SMILES string of the molecule is CSc1cc(C(F)(F)F)nc(NN)n1. The fourth-order valence-electron chi connectivity index (χ4n) is 0.739. The Morgan fingerprint density at radius 1 is 1.43 bits per heavy atom. The summed E-state index contributed by atoms with van der Waals surface area (Å²) < 4.78 is 36.8. The van der Waals surface area contributed by atoms with Gasteiger partial charge < -0.3 is 0 Å². The Labute approximate surface area is 82.1 Å². The van der Waals surface area contributed by atoms with Crippen LogP contribution in [0.2, 0.25) is 0 Å². The lowest BCUT2D eigenvalue weighted by molar-refractivity contribution is -0.141. The Morgan fingerprint density at radius 2 is 2.07 bits per heavy atom. The molecule has 0 aliphatic heterocycles. The maximum Gasteiger partial charge on any atom is 0.433 e. The lowest BCUT2D eigenvalue weighted by Gasteiger charge is -2.08. The highest BCUT2D eigenvalue weighted by atomic mass is 32.2. The molecule has 14 heavy (non-hydrogen) atoms. The fraction of sp³-hybridized carbons (Fsp3) is 0.333. The first-order valence-electron chi connectivity index (χ1n) is 3.44. The molecule has 0 radical (unpaired) electrons. The van der Waals surface area contributed by atoms with E-state index in [2.05, 4.69) is 9.97 Å². The zero-order chi connectivity index (χ0) is 10.8. The first-order chi connectivity index (χ1) is 6.47. The second-order valence-electron chi connectivity index (χ2n) is 2.26. The number of rotatable bonds is 2. The van der Waals surface area contributed by atoms with Crippen LogP contribution in [0.4, 0.5) is 19.1 Å². The van der Waals surface area contributed by atoms with Crippen molar-refractivity contribution in [1.82, 2.24) is 9.97 Å². The largest absolute Gasteiger partial charge is 0.433 e. The molecule has 78 valence electrons. The summed E-state index contributed by atoms with van der Waals surface area (Å²) in [4.78, 5) is 6.89. The van der Waals surface area contributed by atoms with E-state index >= 15 is 0 Å². The predicted octanol–water partition coefficient (Wildman–Crippen LogP) is 1.50. The molecule has 1 aromatic rings. The van der Waals surface area contributed by atoms with Gasteiger partial charge in [-0.05, 0) is 6.26 Å². The molecule has 0 saturated heterocycles. The van der Waals surface area contributed by atoms with Crippen molar-refractivity contribution >= 4 is 17.7 Å². The minimum atomic E-state index is -4.49. The van der Waals surface area contributed by atoms with Crippen molar-refractivity contribution in [1.29, 1.82) is 0 Å². The molecule has 0 amide bonds. The van der Waals surface area contributed by atoms with Crippen molar-refractivity contribution < 1.29 is 13.2 Å². The highest BCUT2D eigenvalue weighted by Gasteiger charge is 2.33. The van der Waals surface area contributed by atoms with Crippen LogP contribution in [0.1, 0.15) is 5.69 Å². The zero-order valence-corrected chi connectivity index (χ0v) is 7.91. The molecule has 0 aliphatic carbocycles. The summed E-state index contributed by atoms with van der Waals surface area (Å²) in [6.07, 6.45) is -2.87. The van der Waals surface area contributed by atoms with Crippen molar-refractivity contribution in [2.75, 3.05) is 11.7 Å². The second kappa shape index (κ2) is 4.01. The number of nitrogens with two attached hydrogens (primary N) is 1. The van der Waals surface area contributed by atoms with Gasteiger partial charge >= 0.3 is 6.18 Å². The van der Waals surface area contributed by atoms with E-state index in [0.717, 1.165) is 17.8 Å². The van der Waals surface area contributed by atoms with Crippen molar-refractivity contribution in [2.24, 2.45) is 5.84 Å². The van der Waals surface area contributed by atoms with E-state index < -0.39 is 11.9 Å². The molecule has 0 unspecified atom stereocenters. The van der Waals surface area contributed by atoms with Crippen LogP contribution in [0, 0.1) is 0 Å². The third-order valence-corrected chi connectivity index (χ3v) is 1.96. The highest BCUT2D eigenvalue weighted by Crippen LogP contribution is 2.29. The average Bonchev–Trinajstić information content (AvgIpc) is 2.15. The summed E-state index contributed by atoms with van der Waals surface area (Å²) in [6, 6.07) is 0.867. The first-order valence-corrected chi connectivity index (χ1v) is 4.66. The van der Waals surface area contributed by atoms with Crippen molar-refractivity contribution in [3.05, 3.63) is 11.8 Å². The van der Waals surface area contributed by atoms with Crippen molar-refractivity contribution in [2.45, 2.75) is 11.2 Å². The molecular weight excluding hydrogens is 217 g/mol. The van der Waals surface area contributed by atoms with Crippen molar-refractivity contribution in [3.63, 3.8) is 0 Å². The quantitative estimate of drug-likeness (QED) is 0.345. The van der Waals surface area contributed by atoms with E-state index in [-0.39, 0.29) is 11.0 Å². The molecule has 1 rings (SSSR count). The lowest BCUT2D eigenvalue weighted by Crippen LogP contribution is -2.15. The maximum absolute atomic E-state index is 12.3. The normalized spacial score (nSPS) is 11.5. The number of thioether (sulfide) groups is 1. The van der Waals surface area contributed by atoms with Gasteiger partial charge in [0.05, 0.1) is 0 Å². The Balaban J connectivity index is 3.17. The van der Waals surface area contributed by atoms with Crippen LogP contribution in [-0.2, 0) is 6.18 Å². The van der Waals surface area contributed by atoms with Crippen LogP contribution in [0.5, 0.6) is 0 Å². The number of nitrogens with zero attached hydrogens (tertiary/aromatic N) is 2. The standard InChI is InChI=1S/C6H7F3N4S/c1-14-4-2-3(6(7,8)9)11-5(12-4)13-10/h2H,10H2,1H3,(H,11,12,13). The van der Waals surface area contributed by atoms with Gasteiger partial charge in [-0.2, -0.15) is 13.2 Å². The molecule has 0 atom stereocenters. The van der Waals surface area contributed by atoms with Crippen LogP contribution in [-0.4, -0.2) is 16.2 Å². The van der Waals surface area contributed by atoms with Gasteiger partial charge in [0, 0.05) is 6.07 Å². The third kappa shape index (κ3) is 2.48. The van der Waals surface area contributed by atoms with Gasteiger partial charge in [0.1, 0.15) is 5.03 Å². The van der Waals surface area contributed by atoms with E-state index in [1.807, 2.05) is 5.43 Å². The van der Waals surface area contributed by atoms with Crippen LogP contribution >= 0.6 is 11.8 Å². The first kappa shape index (κ1) is 11.1. The Kier molecular flexibility index (Phi) is 3.17. The number of hydrogen-bond acceptors (Lipinski definition) is 5. The Bertz CT molecular complexity index is 305. The van der Waals surface area contributed by atoms with E-state index in [4.69, 9.17) is 5.84 Å². The number of nitrogen functional groups attached to an aromatic ring is 1. The predicted molar refractivity (Wildman–Crippen MR) is 46.6 cm³/mol. The number of nitrogens with one attached hydrogen (secondary N) is 1. The van der Waals surface area contributed by atoms with Gasteiger partial charge in [0.25, 0.3) is 0 Å². The second-order valence-corrected chi connectivity index (χ2v) is 3.09. The minimum absolute atomic E-state index is 0.209. The van der Waals surface area contributed by atoms with Gasteiger partial charge in [0.2, 0.25) is 5.95 Å². The molecule has 0 bridgehead atoms. The summed E-state index contributed by atoms with van der Waals surface area (Å²) >= 11 is 1.08. The zero-order valence-electron chi connectivity index (χ0n) is 7.09. The van der Waals surface area contributed by atoms with Crippen LogP contribution in [0.15, 0.2) is 11.1 Å². The van der Waals surface area contributed by atoms with Gasteiger partial charge in [0.15, 0.2) is 5.69 Å². The molecule has 0 saturated carbocycles. The molecule has 0 aliphatic rings. The number of hydrogen-bond donors (Lipinski definition) is 2. The Morgan fingerprint density at radius 3 is 2.50 bits per heavy atom. The minimum Gasteiger partial charge on any atom is -0.292 e.